The van der Waals surface area contributed by atoms with E-state index in [0.717, 1.165) is 13.8 Å². The van der Waals surface area contributed by atoms with Gasteiger partial charge < -0.3 is 263 Å². The van der Waals surface area contributed by atoms with Gasteiger partial charge in [0.15, 0.2) is 69.2 Å². The second-order valence-corrected chi connectivity index (χ2v) is 32.3. The number of hydrogen-bond acceptors (Lipinski definition) is 53. The Balaban J connectivity index is 0.957. The molecule has 0 aliphatic carbocycles. The SMILES string of the molecule is CC(=O)N[C@@H]1[C@@H](O[C@@H]2O[C@@H](C)[C@@H](O)[C@@H](O)[C@@H]2O)[C@H](O[C@@H]2O[C@H](CO)[C@@H](O[C@@H]3O[C@H](CO[C@H]4O[C@H](CO)[C@@H](O)[C@H](O)[C@@H]4O)[C@@H](O[C@@H]4O[C@H](CO)[C@H](O)[C@H](O)[C@H]4O[C@@H]4O[C@@H](C)[C@@H](O)[C@@H](O)[C@@H]4O)[C@H](O[C@H]4O[C@H](CO)[C@@H](O[C@H]5O[C@H](CO)[C@H](O)[C@H](O)[C@H]5O)[C@H](O)[C@@H]4O)[C@@H]3O)[C@H](O)[C@H]2NC(C)=O)[C@@H](CO[C@@H]2O[C@@H](C)[C@@H](O[C@@H]3O[C@H](CO)[C@H](O)[C@H](O)[C@H]3O)[C@@H](O)[C@@H]2O)O[C@H]1O. The van der Waals surface area contributed by atoms with Crippen LogP contribution in [0.1, 0.15) is 34.6 Å². The zero-order valence-electron chi connectivity index (χ0n) is 67.2. The van der Waals surface area contributed by atoms with Gasteiger partial charge in [-0.3, -0.25) is 9.59 Å². The fourth-order valence-corrected chi connectivity index (χ4v) is 16.4. The lowest BCUT2D eigenvalue weighted by Gasteiger charge is -2.52. The number of rotatable bonds is 30. The third-order valence-electron chi connectivity index (χ3n) is 23.6. The van der Waals surface area contributed by atoms with Gasteiger partial charge in [0, 0.05) is 13.8 Å². The largest absolute Gasteiger partial charge is 0.394 e. The summed E-state index contributed by atoms with van der Waals surface area (Å²) in [6.45, 7) is -3.51. The van der Waals surface area contributed by atoms with E-state index in [-0.39, 0.29) is 0 Å². The maximum Gasteiger partial charge on any atom is 0.217 e. The first-order valence-corrected chi connectivity index (χ1v) is 40.2. The first-order valence-electron chi connectivity index (χ1n) is 40.2. The second-order valence-electron chi connectivity index (χ2n) is 32.3. The average molecular weight is 1840 g/mol. The summed E-state index contributed by atoms with van der Waals surface area (Å²) in [5.74, 6) is -2.01. The van der Waals surface area contributed by atoms with Crippen molar-refractivity contribution in [3.63, 3.8) is 0 Å². The lowest BCUT2D eigenvalue weighted by molar-refractivity contribution is -0.414. The summed E-state index contributed by atoms with van der Waals surface area (Å²) in [5, 5.41) is 339. The van der Waals surface area contributed by atoms with Gasteiger partial charge in [0.1, 0.15) is 250 Å². The van der Waals surface area contributed by atoms with Crippen LogP contribution in [0.5, 0.6) is 0 Å². The fraction of sp³-hybridized carbons (Fsp3) is 0.971. The molecule has 2 amide bonds. The van der Waals surface area contributed by atoms with Crippen LogP contribution in [0.4, 0.5) is 0 Å². The predicted octanol–water partition coefficient (Wildman–Crippen LogP) is -21.6. The number of nitrogens with one attached hydrogen (secondary N) is 2. The third kappa shape index (κ3) is 22.0. The highest BCUT2D eigenvalue weighted by Crippen LogP contribution is 2.42. The molecule has 0 radical (unpaired) electrons. The van der Waals surface area contributed by atoms with Crippen molar-refractivity contribution in [3.05, 3.63) is 0 Å². The number of carbonyl (C=O) groups is 2. The van der Waals surface area contributed by atoms with E-state index in [0.29, 0.717) is 0 Å². The molecule has 0 bridgehead atoms. The molecule has 11 rings (SSSR count). The van der Waals surface area contributed by atoms with E-state index in [1.54, 1.807) is 0 Å². The molecule has 125 heavy (non-hydrogen) atoms. The Kier molecular flexibility index (Phi) is 36.0. The van der Waals surface area contributed by atoms with Crippen molar-refractivity contribution in [2.45, 2.75) is 372 Å². The minimum absolute atomic E-state index is 0.882. The van der Waals surface area contributed by atoms with Crippen LogP contribution in [0.2, 0.25) is 0 Å². The Morgan fingerprint density at radius 3 is 0.960 bits per heavy atom. The normalized spacial score (nSPS) is 52.6. The van der Waals surface area contributed by atoms with Gasteiger partial charge in [-0.2, -0.15) is 0 Å². The Hall–Kier alpha value is -3.10. The maximum absolute atomic E-state index is 13.6. The van der Waals surface area contributed by atoms with Crippen molar-refractivity contribution in [1.82, 2.24) is 10.6 Å². The van der Waals surface area contributed by atoms with Gasteiger partial charge >= 0.3 is 0 Å². The number of amides is 2. The molecule has 0 spiro atoms. The highest BCUT2D eigenvalue weighted by Gasteiger charge is 2.63. The molecule has 55 atom stereocenters. The van der Waals surface area contributed by atoms with Crippen LogP contribution in [0, 0.1) is 0 Å². The molecule has 11 fully saturated rings. The topological polar surface area (TPSA) is 859 Å². The molecule has 55 heteroatoms. The van der Waals surface area contributed by atoms with Gasteiger partial charge in [0.05, 0.1) is 71.2 Å². The van der Waals surface area contributed by atoms with Crippen LogP contribution in [0.25, 0.3) is 0 Å². The lowest BCUT2D eigenvalue weighted by atomic mass is 9.93. The van der Waals surface area contributed by atoms with E-state index in [9.17, 15) is 163 Å². The van der Waals surface area contributed by atoms with E-state index in [4.69, 9.17) is 99.5 Å². The molecule has 55 nitrogen and oxygen atoms in total. The van der Waals surface area contributed by atoms with Crippen molar-refractivity contribution in [2.24, 2.45) is 0 Å². The van der Waals surface area contributed by atoms with Crippen LogP contribution < -0.4 is 10.6 Å². The van der Waals surface area contributed by atoms with E-state index in [1.165, 1.54) is 20.8 Å². The van der Waals surface area contributed by atoms with E-state index in [1.807, 2.05) is 0 Å². The second kappa shape index (κ2) is 43.9. The smallest absolute Gasteiger partial charge is 0.217 e. The summed E-state index contributed by atoms with van der Waals surface area (Å²) in [4.78, 5) is 26.8. The molecule has 0 aromatic carbocycles. The van der Waals surface area contributed by atoms with E-state index >= 15 is 0 Å². The minimum atomic E-state index is -2.73. The molecule has 0 aromatic rings. The molecule has 11 heterocycles. The zero-order valence-corrected chi connectivity index (χ0v) is 67.2. The fourth-order valence-electron chi connectivity index (χ4n) is 16.4. The van der Waals surface area contributed by atoms with Gasteiger partial charge in [-0.15, -0.1) is 0 Å². The summed E-state index contributed by atoms with van der Waals surface area (Å²) < 4.78 is 126. The van der Waals surface area contributed by atoms with Crippen molar-refractivity contribution in [3.8, 4) is 0 Å². The first kappa shape index (κ1) is 102. The first-order chi connectivity index (χ1) is 59.0. The van der Waals surface area contributed by atoms with Gasteiger partial charge in [0.25, 0.3) is 0 Å². The standard InChI is InChI=1S/C70H118N2O53/c1-14-29(81)36(88)45(97)64(107-14)123-57-28(72-18(5)80)60(104)110-25(12-105-62-49(101)42(94)52(16(3)109-62)118-66-47(99)39(91)32(84)20(7-74)112-66)55(57)121-61-27(71-17(4)79)35(87)53(23(10-77)115-61)119-69-51(103)58(124-68-50(102)43(95)54(24(11-78)116-68)120-67-48(100)40(92)33(85)21(8-75)113-67)56(26(117-69)13-106-63-44(96)38(90)31(83)19(6-73)111-63)122-70-59(41(93)34(86)22(9-76)114-70)125-65-46(98)37(89)30(82)15(2)108-65/h14-16,19-70,73-78,81-104H,6-13H2,1-5H3,(H,71,79)(H,72,80)/t14-,15-,16-,19+,20+,21+,22+,23+,24+,25+,26+,27+,28+,29+,30+,31+,32-,33-,34-,35+,36+,37+,38-,39-,40-,41-,42-,43+,44-,45-,46-,47+,48+,49-,50-,51-,52+,53+,54+,55+,56+,57+,58+,59+,60+,61-,62+,63-,64-,65-,66-,67+,68+,69-,70-/m0/s1. The van der Waals surface area contributed by atoms with Crippen LogP contribution in [0.15, 0.2) is 0 Å². The summed E-state index contributed by atoms with van der Waals surface area (Å²) >= 11 is 0. The molecule has 726 valence electrons. The monoisotopic (exact) mass is 1830 g/mol. The summed E-state index contributed by atoms with van der Waals surface area (Å²) in [6.07, 6.45) is -111. The predicted molar refractivity (Wildman–Crippen MR) is 381 cm³/mol. The molecule has 11 aliphatic rings. The van der Waals surface area contributed by atoms with Crippen molar-refractivity contribution < 1.29 is 262 Å². The minimum Gasteiger partial charge on any atom is -0.394 e. The highest BCUT2D eigenvalue weighted by atomic mass is 16.8. The van der Waals surface area contributed by atoms with Gasteiger partial charge in [-0.25, -0.2) is 0 Å². The molecule has 0 unspecified atom stereocenters. The highest BCUT2D eigenvalue weighted by molar-refractivity contribution is 5.73. The Bertz CT molecular complexity index is 3320. The van der Waals surface area contributed by atoms with Crippen LogP contribution in [-0.2, 0) is 109 Å². The summed E-state index contributed by atoms with van der Waals surface area (Å²) in [6, 6.07) is -4.10. The maximum atomic E-state index is 13.6. The summed E-state index contributed by atoms with van der Waals surface area (Å²) in [7, 11) is 0. The van der Waals surface area contributed by atoms with Crippen molar-refractivity contribution in [1.29, 1.82) is 0 Å². The van der Waals surface area contributed by atoms with Crippen molar-refractivity contribution in [2.75, 3.05) is 52.9 Å². The van der Waals surface area contributed by atoms with E-state index < -0.39 is 402 Å². The zero-order chi connectivity index (χ0) is 91.8. The average Bonchev–Trinajstić information content (AvgIpc) is 0.753. The number of ether oxygens (including phenoxy) is 21. The van der Waals surface area contributed by atoms with E-state index in [2.05, 4.69) is 10.6 Å². The van der Waals surface area contributed by atoms with Crippen LogP contribution >= 0.6 is 0 Å². The Labute approximate surface area is 707 Å². The van der Waals surface area contributed by atoms with Gasteiger partial charge in [0.2, 0.25) is 11.8 Å². The number of carbonyl (C=O) groups excluding carboxylic acids is 2. The Morgan fingerprint density at radius 2 is 0.496 bits per heavy atom. The summed E-state index contributed by atoms with van der Waals surface area (Å²) in [5.41, 5.74) is 0. The van der Waals surface area contributed by atoms with Crippen LogP contribution in [-0.4, -0.2) is 556 Å². The number of aliphatic hydroxyl groups excluding tert-OH is 30. The van der Waals surface area contributed by atoms with Gasteiger partial charge in [-0.1, -0.05) is 0 Å². The Morgan fingerprint density at radius 1 is 0.224 bits per heavy atom. The molecule has 11 saturated heterocycles. The third-order valence-corrected chi connectivity index (χ3v) is 23.6. The molecular formula is C70H118N2O53. The van der Waals surface area contributed by atoms with Gasteiger partial charge in [-0.05, 0) is 20.8 Å². The molecular weight excluding hydrogens is 1720 g/mol. The lowest BCUT2D eigenvalue weighted by Crippen LogP contribution is -2.72. The molecule has 11 aliphatic heterocycles. The van der Waals surface area contributed by atoms with Crippen molar-refractivity contribution >= 4 is 11.8 Å². The number of aliphatic hydroxyl groups is 30. The van der Waals surface area contributed by atoms with Crippen LogP contribution in [0.3, 0.4) is 0 Å². The number of hydrogen-bond donors (Lipinski definition) is 32. The molecule has 0 saturated carbocycles. The molecule has 0 aromatic heterocycles. The molecule has 32 N–H and O–H groups in total. The quantitative estimate of drug-likeness (QED) is 0.0318.